The van der Waals surface area contributed by atoms with Crippen LogP contribution in [0, 0.1) is 11.8 Å². The quantitative estimate of drug-likeness (QED) is 0.712. The van der Waals surface area contributed by atoms with Gasteiger partial charge in [0.25, 0.3) is 5.91 Å². The van der Waals surface area contributed by atoms with Crippen LogP contribution in [-0.4, -0.2) is 40.7 Å². The summed E-state index contributed by atoms with van der Waals surface area (Å²) in [5.41, 5.74) is 0.811. The molecule has 2 amide bonds. The molecule has 8 heteroatoms. The lowest BCUT2D eigenvalue weighted by Gasteiger charge is -2.19. The molecule has 0 aliphatic heterocycles. The first-order valence-electron chi connectivity index (χ1n) is 9.25. The van der Waals surface area contributed by atoms with Crippen LogP contribution >= 0.6 is 0 Å². The monoisotopic (exact) mass is 384 g/mol. The van der Waals surface area contributed by atoms with Gasteiger partial charge in [-0.1, -0.05) is 32.0 Å². The lowest BCUT2D eigenvalue weighted by Crippen LogP contribution is -2.45. The molecule has 3 rings (SSSR count). The van der Waals surface area contributed by atoms with Crippen LogP contribution in [0.2, 0.25) is 0 Å². The van der Waals surface area contributed by atoms with Gasteiger partial charge < -0.3 is 15.4 Å². The van der Waals surface area contributed by atoms with E-state index in [1.165, 1.54) is 17.9 Å². The molecule has 148 valence electrons. The molecule has 1 aliphatic carbocycles. The van der Waals surface area contributed by atoms with Crippen molar-refractivity contribution in [3.63, 3.8) is 0 Å². The van der Waals surface area contributed by atoms with E-state index in [-0.39, 0.29) is 23.4 Å². The Morgan fingerprint density at radius 3 is 2.43 bits per heavy atom. The number of nitrogens with one attached hydrogen (secondary N) is 2. The molecule has 0 radical (unpaired) electrons. The van der Waals surface area contributed by atoms with Gasteiger partial charge in [-0.05, 0) is 30.9 Å². The van der Waals surface area contributed by atoms with Gasteiger partial charge >= 0.3 is 5.97 Å². The van der Waals surface area contributed by atoms with E-state index in [1.54, 1.807) is 0 Å². The summed E-state index contributed by atoms with van der Waals surface area (Å²) in [6, 6.07) is 9.93. The number of anilines is 1. The van der Waals surface area contributed by atoms with Crippen LogP contribution in [0.4, 0.5) is 5.82 Å². The highest BCUT2D eigenvalue weighted by molar-refractivity contribution is 5.98. The minimum absolute atomic E-state index is 0.0149. The lowest BCUT2D eigenvalue weighted by atomic mass is 10.0. The van der Waals surface area contributed by atoms with Crippen molar-refractivity contribution in [3.05, 3.63) is 42.1 Å². The largest absolute Gasteiger partial charge is 0.467 e. The van der Waals surface area contributed by atoms with Gasteiger partial charge in [-0.3, -0.25) is 9.59 Å². The topological polar surface area (TPSA) is 102 Å². The number of carbonyl (C=O) groups is 3. The number of methoxy groups -OCH3 is 1. The average molecular weight is 384 g/mol. The maximum Gasteiger partial charge on any atom is 0.328 e. The second-order valence-corrected chi connectivity index (χ2v) is 7.14. The highest BCUT2D eigenvalue weighted by Gasteiger charge is 2.31. The second-order valence-electron chi connectivity index (χ2n) is 7.14. The molecular weight excluding hydrogens is 360 g/mol. The Hall–Kier alpha value is -3.16. The van der Waals surface area contributed by atoms with Gasteiger partial charge in [0, 0.05) is 12.0 Å². The number of hydrogen-bond acceptors (Lipinski definition) is 5. The molecular formula is C20H24N4O4. The number of ether oxygens (including phenoxy) is 1. The molecule has 1 saturated carbocycles. The molecule has 1 fully saturated rings. The van der Waals surface area contributed by atoms with Crippen LogP contribution in [0.5, 0.6) is 0 Å². The normalized spacial score (nSPS) is 14.4. The van der Waals surface area contributed by atoms with Gasteiger partial charge in [-0.15, -0.1) is 0 Å². The maximum atomic E-state index is 12.7. The predicted octanol–water partition coefficient (Wildman–Crippen LogP) is 2.15. The van der Waals surface area contributed by atoms with Gasteiger partial charge in [0.05, 0.1) is 12.8 Å². The third kappa shape index (κ3) is 4.39. The van der Waals surface area contributed by atoms with Crippen molar-refractivity contribution in [3.8, 4) is 5.69 Å². The standard InChI is InChI=1S/C20H24N4O4/c1-12(2)17(20(27)28-3)22-19(26)15-11-16(21-18(25)13-9-10-13)24(23-15)14-7-5-4-6-8-14/h4-8,11-13,17H,9-10H2,1-3H3,(H,21,25)(H,22,26). The molecule has 0 saturated heterocycles. The zero-order chi connectivity index (χ0) is 20.3. The van der Waals surface area contributed by atoms with Crippen molar-refractivity contribution >= 4 is 23.6 Å². The smallest absolute Gasteiger partial charge is 0.328 e. The third-order valence-corrected chi connectivity index (χ3v) is 4.55. The number of amides is 2. The predicted molar refractivity (Wildman–Crippen MR) is 103 cm³/mol. The highest BCUT2D eigenvalue weighted by Crippen LogP contribution is 2.30. The Labute approximate surface area is 163 Å². The fourth-order valence-electron chi connectivity index (χ4n) is 2.76. The Balaban J connectivity index is 1.88. The molecule has 1 aromatic heterocycles. The molecule has 1 aliphatic rings. The SMILES string of the molecule is COC(=O)C(NC(=O)c1cc(NC(=O)C2CC2)n(-c2ccccc2)n1)C(C)C. The van der Waals surface area contributed by atoms with Crippen LogP contribution in [0.1, 0.15) is 37.2 Å². The number of benzene rings is 1. The van der Waals surface area contributed by atoms with E-state index >= 15 is 0 Å². The summed E-state index contributed by atoms with van der Waals surface area (Å²) in [5.74, 6) is -0.845. The van der Waals surface area contributed by atoms with E-state index < -0.39 is 17.9 Å². The maximum absolute atomic E-state index is 12.7. The fourth-order valence-corrected chi connectivity index (χ4v) is 2.76. The molecule has 28 heavy (non-hydrogen) atoms. The first-order chi connectivity index (χ1) is 13.4. The molecule has 8 nitrogen and oxygen atoms in total. The van der Waals surface area contributed by atoms with Crippen molar-refractivity contribution in [1.29, 1.82) is 0 Å². The summed E-state index contributed by atoms with van der Waals surface area (Å²) in [6.07, 6.45) is 1.74. The first-order valence-corrected chi connectivity index (χ1v) is 9.25. The number of carbonyl (C=O) groups excluding carboxylic acids is 3. The van der Waals surface area contributed by atoms with E-state index in [1.807, 2.05) is 44.2 Å². The van der Waals surface area contributed by atoms with E-state index in [0.29, 0.717) is 11.5 Å². The fraction of sp³-hybridized carbons (Fsp3) is 0.400. The number of hydrogen-bond donors (Lipinski definition) is 2. The number of rotatable bonds is 7. The van der Waals surface area contributed by atoms with Crippen LogP contribution < -0.4 is 10.6 Å². The highest BCUT2D eigenvalue weighted by atomic mass is 16.5. The Morgan fingerprint density at radius 1 is 1.18 bits per heavy atom. The average Bonchev–Trinajstić information content (AvgIpc) is 3.46. The van der Waals surface area contributed by atoms with Crippen LogP contribution in [0.3, 0.4) is 0 Å². The van der Waals surface area contributed by atoms with Gasteiger partial charge in [0.1, 0.15) is 11.9 Å². The Kier molecular flexibility index (Phi) is 5.77. The van der Waals surface area contributed by atoms with Gasteiger partial charge in [-0.25, -0.2) is 9.48 Å². The zero-order valence-electron chi connectivity index (χ0n) is 16.1. The summed E-state index contributed by atoms with van der Waals surface area (Å²) in [6.45, 7) is 3.62. The Bertz CT molecular complexity index is 872. The number of para-hydroxylation sites is 1. The first kappa shape index (κ1) is 19.6. The van der Waals surface area contributed by atoms with E-state index in [9.17, 15) is 14.4 Å². The number of nitrogens with zero attached hydrogens (tertiary/aromatic N) is 2. The van der Waals surface area contributed by atoms with E-state index in [2.05, 4.69) is 15.7 Å². The van der Waals surface area contributed by atoms with Crippen molar-refractivity contribution in [1.82, 2.24) is 15.1 Å². The summed E-state index contributed by atoms with van der Waals surface area (Å²) in [7, 11) is 1.28. The minimum Gasteiger partial charge on any atom is -0.467 e. The summed E-state index contributed by atoms with van der Waals surface area (Å²) < 4.78 is 6.27. The molecule has 2 N–H and O–H groups in total. The molecule has 2 aromatic rings. The summed E-state index contributed by atoms with van der Waals surface area (Å²) in [4.78, 5) is 36.8. The third-order valence-electron chi connectivity index (χ3n) is 4.55. The molecule has 1 atom stereocenters. The van der Waals surface area contributed by atoms with Gasteiger partial charge in [0.15, 0.2) is 5.69 Å². The van der Waals surface area contributed by atoms with Crippen molar-refractivity contribution < 1.29 is 19.1 Å². The molecule has 0 spiro atoms. The second kappa shape index (κ2) is 8.24. The van der Waals surface area contributed by atoms with Gasteiger partial charge in [-0.2, -0.15) is 5.10 Å². The van der Waals surface area contributed by atoms with Crippen molar-refractivity contribution in [2.45, 2.75) is 32.7 Å². The van der Waals surface area contributed by atoms with Crippen molar-refractivity contribution in [2.75, 3.05) is 12.4 Å². The number of esters is 1. The summed E-state index contributed by atoms with van der Waals surface area (Å²) in [5, 5.41) is 9.86. The van der Waals surface area contributed by atoms with Crippen LogP contribution in [-0.2, 0) is 14.3 Å². The minimum atomic E-state index is -0.788. The van der Waals surface area contributed by atoms with Crippen molar-refractivity contribution in [2.24, 2.45) is 11.8 Å². The molecule has 1 unspecified atom stereocenters. The summed E-state index contributed by atoms with van der Waals surface area (Å²) >= 11 is 0. The Morgan fingerprint density at radius 2 is 1.86 bits per heavy atom. The van der Waals surface area contributed by atoms with Crippen LogP contribution in [0.15, 0.2) is 36.4 Å². The van der Waals surface area contributed by atoms with E-state index in [0.717, 1.165) is 12.8 Å². The van der Waals surface area contributed by atoms with Crippen LogP contribution in [0.25, 0.3) is 5.69 Å². The number of aromatic nitrogens is 2. The zero-order valence-corrected chi connectivity index (χ0v) is 16.1. The lowest BCUT2D eigenvalue weighted by molar-refractivity contribution is -0.144. The molecule has 1 heterocycles. The van der Waals surface area contributed by atoms with E-state index in [4.69, 9.17) is 4.74 Å². The molecule has 0 bridgehead atoms. The molecule has 1 aromatic carbocycles. The van der Waals surface area contributed by atoms with Gasteiger partial charge in [0.2, 0.25) is 5.91 Å².